The highest BCUT2D eigenvalue weighted by atomic mass is 16.4. The van der Waals surface area contributed by atoms with Gasteiger partial charge in [0.25, 0.3) is 0 Å². The number of carbonyl (C=O) groups is 2. The smallest absolute Gasteiger partial charge is 0.317 e. The third-order valence-corrected chi connectivity index (χ3v) is 4.26. The number of piperazine rings is 1. The van der Waals surface area contributed by atoms with Crippen LogP contribution >= 0.6 is 0 Å². The number of nitrogens with zero attached hydrogens (tertiary/aromatic N) is 2. The lowest BCUT2D eigenvalue weighted by atomic mass is 9.98. The highest BCUT2D eigenvalue weighted by Crippen LogP contribution is 2.21. The van der Waals surface area contributed by atoms with Crippen LogP contribution in [0.2, 0.25) is 0 Å². The molecule has 0 aliphatic carbocycles. The average molecular weight is 289 g/mol. The van der Waals surface area contributed by atoms with E-state index < -0.39 is 11.9 Å². The van der Waals surface area contributed by atoms with Gasteiger partial charge in [0.15, 0.2) is 0 Å². The van der Waals surface area contributed by atoms with Crippen molar-refractivity contribution in [3.05, 3.63) is 35.9 Å². The Morgan fingerprint density at radius 3 is 2.81 bits per heavy atom. The zero-order chi connectivity index (χ0) is 14.8. The average Bonchev–Trinajstić information content (AvgIpc) is 2.86. The number of carboxylic acid groups (broad SMARTS) is 1. The van der Waals surface area contributed by atoms with Crippen LogP contribution in [0.25, 0.3) is 0 Å². The molecule has 2 unspecified atom stereocenters. The minimum Gasteiger partial charge on any atom is -0.481 e. The van der Waals surface area contributed by atoms with Crippen molar-refractivity contribution in [2.45, 2.75) is 12.0 Å². The number of carbonyl (C=O) groups excluding carboxylic acids is 1. The maximum Gasteiger partial charge on any atom is 0.317 e. The van der Waals surface area contributed by atoms with Crippen LogP contribution in [0.15, 0.2) is 30.3 Å². The summed E-state index contributed by atoms with van der Waals surface area (Å²) in [4.78, 5) is 27.1. The standard InChI is InChI=1S/C15H19N3O3/c19-14(20)13(11-4-2-1-3-5-11)10-17-6-7-18-12(9-17)8-16-15(18)21/h1-5,12-13H,6-10H2,(H,16,21)(H,19,20). The number of amides is 2. The number of rotatable bonds is 4. The van der Waals surface area contributed by atoms with Gasteiger partial charge in [-0.25, -0.2) is 4.79 Å². The van der Waals surface area contributed by atoms with Gasteiger partial charge < -0.3 is 15.3 Å². The van der Waals surface area contributed by atoms with Gasteiger partial charge in [-0.1, -0.05) is 30.3 Å². The molecule has 21 heavy (non-hydrogen) atoms. The third-order valence-electron chi connectivity index (χ3n) is 4.26. The van der Waals surface area contributed by atoms with Crippen molar-refractivity contribution >= 4 is 12.0 Å². The van der Waals surface area contributed by atoms with Crippen LogP contribution in [-0.2, 0) is 4.79 Å². The monoisotopic (exact) mass is 289 g/mol. The van der Waals surface area contributed by atoms with Gasteiger partial charge in [0.2, 0.25) is 0 Å². The largest absolute Gasteiger partial charge is 0.481 e. The maximum absolute atomic E-state index is 11.6. The fourth-order valence-electron chi connectivity index (χ4n) is 3.10. The first-order chi connectivity index (χ1) is 10.1. The first-order valence-corrected chi connectivity index (χ1v) is 7.19. The Kier molecular flexibility index (Phi) is 3.79. The Morgan fingerprint density at radius 1 is 1.33 bits per heavy atom. The number of aliphatic carboxylic acids is 1. The summed E-state index contributed by atoms with van der Waals surface area (Å²) in [5.41, 5.74) is 0.827. The van der Waals surface area contributed by atoms with Crippen molar-refractivity contribution in [1.29, 1.82) is 0 Å². The molecule has 0 aromatic heterocycles. The van der Waals surface area contributed by atoms with E-state index in [1.807, 2.05) is 35.2 Å². The van der Waals surface area contributed by atoms with Gasteiger partial charge in [-0.15, -0.1) is 0 Å². The van der Waals surface area contributed by atoms with Crippen LogP contribution in [0.3, 0.4) is 0 Å². The van der Waals surface area contributed by atoms with Gasteiger partial charge in [0, 0.05) is 32.7 Å². The highest BCUT2D eigenvalue weighted by Gasteiger charge is 2.36. The lowest BCUT2D eigenvalue weighted by molar-refractivity contribution is -0.139. The molecule has 0 saturated carbocycles. The van der Waals surface area contributed by atoms with E-state index in [1.54, 1.807) is 0 Å². The Balaban J connectivity index is 1.67. The fourth-order valence-corrected chi connectivity index (χ4v) is 3.10. The molecule has 2 saturated heterocycles. The van der Waals surface area contributed by atoms with E-state index in [1.165, 1.54) is 0 Å². The van der Waals surface area contributed by atoms with Gasteiger partial charge in [0.1, 0.15) is 0 Å². The zero-order valence-electron chi connectivity index (χ0n) is 11.7. The predicted molar refractivity (Wildman–Crippen MR) is 77.2 cm³/mol. The van der Waals surface area contributed by atoms with Crippen molar-refractivity contribution in [1.82, 2.24) is 15.1 Å². The van der Waals surface area contributed by atoms with Gasteiger partial charge in [-0.2, -0.15) is 0 Å². The first kappa shape index (κ1) is 13.9. The zero-order valence-corrected chi connectivity index (χ0v) is 11.7. The molecule has 2 aliphatic heterocycles. The van der Waals surface area contributed by atoms with Gasteiger partial charge in [0.05, 0.1) is 12.0 Å². The van der Waals surface area contributed by atoms with Crippen LogP contribution in [0, 0.1) is 0 Å². The van der Waals surface area contributed by atoms with Gasteiger partial charge in [-0.3, -0.25) is 9.69 Å². The third kappa shape index (κ3) is 2.85. The SMILES string of the molecule is O=C(O)C(CN1CCN2C(=O)NCC2C1)c1ccccc1. The minimum atomic E-state index is -0.802. The van der Waals surface area contributed by atoms with Crippen LogP contribution < -0.4 is 5.32 Å². The molecule has 2 amide bonds. The van der Waals surface area contributed by atoms with E-state index in [2.05, 4.69) is 10.2 Å². The molecule has 6 heteroatoms. The number of hydrogen-bond acceptors (Lipinski definition) is 3. The Bertz CT molecular complexity index is 534. The van der Waals surface area contributed by atoms with E-state index >= 15 is 0 Å². The second kappa shape index (κ2) is 5.73. The molecule has 2 heterocycles. The van der Waals surface area contributed by atoms with E-state index in [9.17, 15) is 14.7 Å². The second-order valence-corrected chi connectivity index (χ2v) is 5.59. The van der Waals surface area contributed by atoms with Crippen molar-refractivity contribution in [3.63, 3.8) is 0 Å². The van der Waals surface area contributed by atoms with Crippen molar-refractivity contribution < 1.29 is 14.7 Å². The summed E-state index contributed by atoms with van der Waals surface area (Å²) in [5, 5.41) is 12.3. The predicted octanol–water partition coefficient (Wildman–Crippen LogP) is 0.564. The molecule has 2 N–H and O–H groups in total. The number of hydrogen-bond donors (Lipinski definition) is 2. The Morgan fingerprint density at radius 2 is 2.10 bits per heavy atom. The van der Waals surface area contributed by atoms with E-state index in [0.29, 0.717) is 19.6 Å². The van der Waals surface area contributed by atoms with Crippen molar-refractivity contribution in [2.75, 3.05) is 32.7 Å². The van der Waals surface area contributed by atoms with Gasteiger partial charge in [-0.05, 0) is 5.56 Å². The summed E-state index contributed by atoms with van der Waals surface area (Å²) in [6, 6.07) is 9.49. The quantitative estimate of drug-likeness (QED) is 0.849. The molecule has 0 radical (unpaired) electrons. The summed E-state index contributed by atoms with van der Waals surface area (Å²) in [6.45, 7) is 3.25. The molecule has 1 aromatic rings. The molecule has 2 fully saturated rings. The number of carboxylic acids is 1. The minimum absolute atomic E-state index is 0.00232. The molecule has 0 bridgehead atoms. The van der Waals surface area contributed by atoms with Crippen LogP contribution in [0.4, 0.5) is 4.79 Å². The number of nitrogens with one attached hydrogen (secondary N) is 1. The Labute approximate surface area is 123 Å². The fraction of sp³-hybridized carbons (Fsp3) is 0.467. The number of fused-ring (bicyclic) bond motifs is 1. The summed E-state index contributed by atoms with van der Waals surface area (Å²) in [6.07, 6.45) is 0. The molecule has 0 spiro atoms. The summed E-state index contributed by atoms with van der Waals surface area (Å²) in [7, 11) is 0. The van der Waals surface area contributed by atoms with E-state index in [4.69, 9.17) is 0 Å². The van der Waals surface area contributed by atoms with Gasteiger partial charge >= 0.3 is 12.0 Å². The lowest BCUT2D eigenvalue weighted by Crippen LogP contribution is -2.53. The van der Waals surface area contributed by atoms with E-state index in [0.717, 1.165) is 18.7 Å². The first-order valence-electron chi connectivity index (χ1n) is 7.19. The molecule has 1 aromatic carbocycles. The number of benzene rings is 1. The summed E-state index contributed by atoms with van der Waals surface area (Å²) >= 11 is 0. The molecule has 6 nitrogen and oxygen atoms in total. The molecule has 2 aliphatic rings. The topological polar surface area (TPSA) is 72.9 Å². The highest BCUT2D eigenvalue weighted by molar-refractivity contribution is 5.77. The normalized spacial score (nSPS) is 23.5. The summed E-state index contributed by atoms with van der Waals surface area (Å²) in [5.74, 6) is -1.33. The summed E-state index contributed by atoms with van der Waals surface area (Å²) < 4.78 is 0. The lowest BCUT2D eigenvalue weighted by Gasteiger charge is -2.37. The number of urea groups is 1. The van der Waals surface area contributed by atoms with Crippen LogP contribution in [0.5, 0.6) is 0 Å². The molecular formula is C15H19N3O3. The van der Waals surface area contributed by atoms with Crippen molar-refractivity contribution in [3.8, 4) is 0 Å². The van der Waals surface area contributed by atoms with E-state index in [-0.39, 0.29) is 12.1 Å². The molecule has 112 valence electrons. The van der Waals surface area contributed by atoms with Crippen molar-refractivity contribution in [2.24, 2.45) is 0 Å². The molecule has 3 rings (SSSR count). The Hall–Kier alpha value is -2.08. The molecule has 2 atom stereocenters. The van der Waals surface area contributed by atoms with Crippen LogP contribution in [0.1, 0.15) is 11.5 Å². The van der Waals surface area contributed by atoms with Crippen LogP contribution in [-0.4, -0.2) is 65.7 Å². The maximum atomic E-state index is 11.6. The molecular weight excluding hydrogens is 270 g/mol. The second-order valence-electron chi connectivity index (χ2n) is 5.59.